The van der Waals surface area contributed by atoms with Crippen LogP contribution < -0.4 is 4.90 Å². The highest BCUT2D eigenvalue weighted by Gasteiger charge is 2.37. The summed E-state index contributed by atoms with van der Waals surface area (Å²) >= 11 is 0. The number of terminal acetylenes is 1. The number of piperazine rings is 1. The van der Waals surface area contributed by atoms with Crippen LogP contribution in [0.2, 0.25) is 0 Å². The fourth-order valence-corrected chi connectivity index (χ4v) is 3.22. The van der Waals surface area contributed by atoms with E-state index in [9.17, 15) is 13.2 Å². The van der Waals surface area contributed by atoms with Crippen LogP contribution in [-0.4, -0.2) is 50.9 Å². The molecule has 0 saturated carbocycles. The molecule has 1 aromatic carbocycles. The van der Waals surface area contributed by atoms with Gasteiger partial charge in [0.1, 0.15) is 5.82 Å². The van der Waals surface area contributed by atoms with Gasteiger partial charge in [0, 0.05) is 38.3 Å². The Morgan fingerprint density at radius 1 is 0.964 bits per heavy atom. The van der Waals surface area contributed by atoms with E-state index < -0.39 is 12.0 Å². The Morgan fingerprint density at radius 2 is 1.68 bits per heavy atom. The van der Waals surface area contributed by atoms with E-state index in [1.807, 2.05) is 29.2 Å². The van der Waals surface area contributed by atoms with Crippen LogP contribution in [0, 0.1) is 12.3 Å². The molecule has 144 valence electrons. The molecule has 0 atom stereocenters. The third-order valence-electron chi connectivity index (χ3n) is 4.73. The van der Waals surface area contributed by atoms with Crippen molar-refractivity contribution in [3.8, 4) is 12.3 Å². The number of hydrogen-bond acceptors (Lipinski definition) is 5. The Kier molecular flexibility index (Phi) is 4.65. The fourth-order valence-electron chi connectivity index (χ4n) is 3.22. The molecule has 4 rings (SSSR count). The lowest BCUT2D eigenvalue weighted by atomic mass is 10.1. The van der Waals surface area contributed by atoms with Gasteiger partial charge < -0.3 is 4.90 Å². The van der Waals surface area contributed by atoms with Crippen LogP contribution >= 0.6 is 0 Å². The maximum atomic E-state index is 13.0. The van der Waals surface area contributed by atoms with Gasteiger partial charge in [0.15, 0.2) is 5.65 Å². The van der Waals surface area contributed by atoms with Gasteiger partial charge in [-0.15, -0.1) is 21.7 Å². The molecule has 6 nitrogen and oxygen atoms in total. The zero-order valence-electron chi connectivity index (χ0n) is 14.9. The van der Waals surface area contributed by atoms with Crippen molar-refractivity contribution in [2.24, 2.45) is 0 Å². The van der Waals surface area contributed by atoms with Crippen molar-refractivity contribution in [1.29, 1.82) is 0 Å². The van der Waals surface area contributed by atoms with Gasteiger partial charge in [0.05, 0.1) is 0 Å². The second kappa shape index (κ2) is 7.13. The summed E-state index contributed by atoms with van der Waals surface area (Å²) in [5, 5.41) is 10.9. The van der Waals surface area contributed by atoms with E-state index in [1.165, 1.54) is 11.6 Å². The van der Waals surface area contributed by atoms with Crippen molar-refractivity contribution < 1.29 is 13.2 Å². The lowest BCUT2D eigenvalue weighted by molar-refractivity contribution is -0.146. The zero-order chi connectivity index (χ0) is 19.7. The van der Waals surface area contributed by atoms with E-state index in [-0.39, 0.29) is 5.65 Å². The highest BCUT2D eigenvalue weighted by atomic mass is 19.4. The Hall–Kier alpha value is -3.12. The molecule has 0 spiro atoms. The maximum Gasteiger partial charge on any atom is 0.453 e. The van der Waals surface area contributed by atoms with Crippen LogP contribution in [0.15, 0.2) is 36.4 Å². The third kappa shape index (κ3) is 3.64. The fraction of sp³-hybridized carbons (Fsp3) is 0.316. The molecule has 1 aliphatic heterocycles. The molecular formula is C19H17F3N6. The summed E-state index contributed by atoms with van der Waals surface area (Å²) in [5.41, 5.74) is 2.10. The summed E-state index contributed by atoms with van der Waals surface area (Å²) < 4.78 is 39.9. The van der Waals surface area contributed by atoms with Crippen LogP contribution in [0.1, 0.15) is 17.0 Å². The first-order valence-electron chi connectivity index (χ1n) is 8.76. The second-order valence-electron chi connectivity index (χ2n) is 6.59. The predicted octanol–water partition coefficient (Wildman–Crippen LogP) is 2.45. The average molecular weight is 386 g/mol. The first-order valence-corrected chi connectivity index (χ1v) is 8.76. The van der Waals surface area contributed by atoms with Crippen molar-refractivity contribution in [2.45, 2.75) is 12.7 Å². The Morgan fingerprint density at radius 3 is 2.32 bits per heavy atom. The largest absolute Gasteiger partial charge is 0.453 e. The lowest BCUT2D eigenvalue weighted by Crippen LogP contribution is -2.46. The number of anilines is 1. The lowest BCUT2D eigenvalue weighted by Gasteiger charge is -2.35. The second-order valence-corrected chi connectivity index (χ2v) is 6.59. The van der Waals surface area contributed by atoms with Crippen molar-refractivity contribution in [3.05, 3.63) is 53.3 Å². The molecule has 3 heterocycles. The van der Waals surface area contributed by atoms with Crippen molar-refractivity contribution in [2.75, 3.05) is 31.1 Å². The van der Waals surface area contributed by atoms with E-state index >= 15 is 0 Å². The van der Waals surface area contributed by atoms with Crippen molar-refractivity contribution >= 4 is 11.5 Å². The van der Waals surface area contributed by atoms with Crippen LogP contribution in [0.4, 0.5) is 19.0 Å². The number of fused-ring (bicyclic) bond motifs is 1. The number of nitrogens with zero attached hydrogens (tertiary/aromatic N) is 6. The van der Waals surface area contributed by atoms with Crippen molar-refractivity contribution in [1.82, 2.24) is 24.7 Å². The molecule has 1 saturated heterocycles. The van der Waals surface area contributed by atoms with E-state index in [2.05, 4.69) is 26.1 Å². The van der Waals surface area contributed by atoms with Gasteiger partial charge in [-0.05, 0) is 29.8 Å². The minimum Gasteiger partial charge on any atom is -0.353 e. The smallest absolute Gasteiger partial charge is 0.353 e. The molecule has 0 bridgehead atoms. The molecule has 2 aromatic heterocycles. The van der Waals surface area contributed by atoms with Gasteiger partial charge >= 0.3 is 6.18 Å². The number of alkyl halides is 3. The van der Waals surface area contributed by atoms with Gasteiger partial charge in [-0.25, -0.2) is 0 Å². The van der Waals surface area contributed by atoms with Gasteiger partial charge in [0.25, 0.3) is 5.82 Å². The summed E-state index contributed by atoms with van der Waals surface area (Å²) in [5.74, 6) is 1.97. The quantitative estimate of drug-likeness (QED) is 0.648. The number of halogens is 3. The molecule has 1 aliphatic rings. The molecule has 28 heavy (non-hydrogen) atoms. The maximum absolute atomic E-state index is 13.0. The van der Waals surface area contributed by atoms with Crippen LogP contribution in [-0.2, 0) is 12.7 Å². The number of hydrogen-bond donors (Lipinski definition) is 0. The SMILES string of the molecule is C#Cc1ccc(CN2CCN(c3ccc4nnc(C(F)(F)F)n4n3)CC2)cc1. The van der Waals surface area contributed by atoms with E-state index in [1.54, 1.807) is 6.07 Å². The highest BCUT2D eigenvalue weighted by Crippen LogP contribution is 2.28. The average Bonchev–Trinajstić information content (AvgIpc) is 3.13. The highest BCUT2D eigenvalue weighted by molar-refractivity contribution is 5.46. The van der Waals surface area contributed by atoms with Gasteiger partial charge in [-0.3, -0.25) is 4.90 Å². The predicted molar refractivity (Wildman–Crippen MR) is 97.7 cm³/mol. The number of rotatable bonds is 3. The summed E-state index contributed by atoms with van der Waals surface area (Å²) in [6.07, 6.45) is 0.773. The minimum absolute atomic E-state index is 0.0742. The standard InChI is InChI=1S/C19H17F3N6/c1-2-14-3-5-15(6-4-14)13-26-9-11-27(12-10-26)17-8-7-16-23-24-18(19(20,21)22)28(16)25-17/h1,3-8H,9-13H2. The molecule has 0 radical (unpaired) electrons. The Labute approximate surface area is 159 Å². The van der Waals surface area contributed by atoms with Gasteiger partial charge in [-0.1, -0.05) is 18.1 Å². The molecule has 0 aliphatic carbocycles. The van der Waals surface area contributed by atoms with Crippen LogP contribution in [0.25, 0.3) is 5.65 Å². The van der Waals surface area contributed by atoms with Gasteiger partial charge in [0.2, 0.25) is 0 Å². The number of aromatic nitrogens is 4. The van der Waals surface area contributed by atoms with Crippen LogP contribution in [0.5, 0.6) is 0 Å². The topological polar surface area (TPSA) is 49.6 Å². The zero-order valence-corrected chi connectivity index (χ0v) is 14.9. The monoisotopic (exact) mass is 386 g/mol. The van der Waals surface area contributed by atoms with Crippen LogP contribution in [0.3, 0.4) is 0 Å². The molecule has 3 aromatic rings. The summed E-state index contributed by atoms with van der Waals surface area (Å²) in [6.45, 7) is 3.71. The van der Waals surface area contributed by atoms with E-state index in [4.69, 9.17) is 6.42 Å². The molecule has 1 fully saturated rings. The Bertz CT molecular complexity index is 1010. The molecule has 0 unspecified atom stereocenters. The summed E-state index contributed by atoms with van der Waals surface area (Å²) in [7, 11) is 0. The molecule has 0 amide bonds. The summed E-state index contributed by atoms with van der Waals surface area (Å²) in [4.78, 5) is 4.26. The van der Waals surface area contributed by atoms with Gasteiger partial charge in [-0.2, -0.15) is 17.7 Å². The molecule has 9 heteroatoms. The number of benzene rings is 1. The third-order valence-corrected chi connectivity index (χ3v) is 4.73. The van der Waals surface area contributed by atoms with E-state index in [0.29, 0.717) is 18.9 Å². The van der Waals surface area contributed by atoms with Crippen molar-refractivity contribution in [3.63, 3.8) is 0 Å². The molecular weight excluding hydrogens is 369 g/mol. The normalized spacial score (nSPS) is 15.7. The molecule has 0 N–H and O–H groups in total. The van der Waals surface area contributed by atoms with E-state index in [0.717, 1.165) is 29.7 Å². The first kappa shape index (κ1) is 18.3. The Balaban J connectivity index is 1.44. The first-order chi connectivity index (χ1) is 13.4. The summed E-state index contributed by atoms with van der Waals surface area (Å²) in [6, 6.07) is 11.1. The minimum atomic E-state index is -4.60.